The summed E-state index contributed by atoms with van der Waals surface area (Å²) in [7, 11) is 0. The molecule has 1 aromatic carbocycles. The molecule has 24 heavy (non-hydrogen) atoms. The number of halogens is 1. The molecule has 122 valence electrons. The van der Waals surface area contributed by atoms with Gasteiger partial charge in [0.2, 0.25) is 0 Å². The van der Waals surface area contributed by atoms with Crippen LogP contribution >= 0.6 is 11.6 Å². The molecule has 2 heterocycles. The van der Waals surface area contributed by atoms with Crippen molar-refractivity contribution in [1.82, 2.24) is 10.3 Å². The van der Waals surface area contributed by atoms with Gasteiger partial charge in [0.25, 0.3) is 11.8 Å². The Bertz CT molecular complexity index is 841. The van der Waals surface area contributed by atoms with Crippen LogP contribution in [-0.2, 0) is 6.54 Å². The van der Waals surface area contributed by atoms with Crippen molar-refractivity contribution < 1.29 is 18.4 Å². The predicted molar refractivity (Wildman–Crippen MR) is 85.8 cm³/mol. The van der Waals surface area contributed by atoms with Crippen LogP contribution in [0.25, 0.3) is 0 Å². The average Bonchev–Trinajstić information content (AvgIpc) is 3.26. The third kappa shape index (κ3) is 3.82. The Labute approximate surface area is 141 Å². The fourth-order valence-electron chi connectivity index (χ4n) is 1.88. The zero-order valence-electron chi connectivity index (χ0n) is 12.3. The Balaban J connectivity index is 1.57. The predicted octanol–water partition coefficient (Wildman–Crippen LogP) is 3.10. The van der Waals surface area contributed by atoms with Crippen molar-refractivity contribution in [2.45, 2.75) is 6.54 Å². The highest BCUT2D eigenvalue weighted by molar-refractivity contribution is 6.30. The van der Waals surface area contributed by atoms with Gasteiger partial charge in [-0.2, -0.15) is 4.98 Å². The van der Waals surface area contributed by atoms with E-state index in [0.29, 0.717) is 11.6 Å². The maximum atomic E-state index is 12.0. The van der Waals surface area contributed by atoms with E-state index in [-0.39, 0.29) is 17.5 Å². The number of oxazole rings is 1. The van der Waals surface area contributed by atoms with Crippen molar-refractivity contribution in [2.75, 3.05) is 5.32 Å². The standard InChI is InChI=1S/C16H12ClN3O4/c17-11-5-3-10(4-6-11)8-18-14(21)12-9-24-16(19-12)20-15(22)13-2-1-7-23-13/h1-7,9H,8H2,(H,18,21)(H,19,20,22). The molecule has 0 bridgehead atoms. The average molecular weight is 346 g/mol. The minimum atomic E-state index is -0.519. The maximum absolute atomic E-state index is 12.0. The molecule has 0 fully saturated rings. The summed E-state index contributed by atoms with van der Waals surface area (Å²) < 4.78 is 10.0. The number of hydrogen-bond donors (Lipinski definition) is 2. The summed E-state index contributed by atoms with van der Waals surface area (Å²) in [6.45, 7) is 0.316. The molecule has 0 aliphatic carbocycles. The summed E-state index contributed by atoms with van der Waals surface area (Å²) in [5, 5.41) is 5.71. The Morgan fingerprint density at radius 2 is 1.88 bits per heavy atom. The van der Waals surface area contributed by atoms with Gasteiger partial charge in [0.1, 0.15) is 6.26 Å². The first kappa shape index (κ1) is 15.8. The number of furan rings is 1. The highest BCUT2D eigenvalue weighted by Gasteiger charge is 2.15. The molecule has 0 radical (unpaired) electrons. The monoisotopic (exact) mass is 345 g/mol. The number of anilines is 1. The van der Waals surface area contributed by atoms with Crippen LogP contribution in [-0.4, -0.2) is 16.8 Å². The molecule has 2 N–H and O–H groups in total. The van der Waals surface area contributed by atoms with E-state index < -0.39 is 11.8 Å². The molecule has 0 saturated carbocycles. The molecular formula is C16H12ClN3O4. The molecule has 0 atom stereocenters. The number of nitrogens with one attached hydrogen (secondary N) is 2. The van der Waals surface area contributed by atoms with Crippen LogP contribution < -0.4 is 10.6 Å². The number of nitrogens with zero attached hydrogens (tertiary/aromatic N) is 1. The van der Waals surface area contributed by atoms with E-state index in [9.17, 15) is 9.59 Å². The van der Waals surface area contributed by atoms with Crippen molar-refractivity contribution in [2.24, 2.45) is 0 Å². The van der Waals surface area contributed by atoms with Gasteiger partial charge in [-0.15, -0.1) is 0 Å². The van der Waals surface area contributed by atoms with Crippen LogP contribution in [0.15, 0.2) is 57.8 Å². The van der Waals surface area contributed by atoms with Gasteiger partial charge in [-0.25, -0.2) is 0 Å². The van der Waals surface area contributed by atoms with Crippen LogP contribution in [0.2, 0.25) is 5.02 Å². The highest BCUT2D eigenvalue weighted by atomic mass is 35.5. The summed E-state index contributed by atoms with van der Waals surface area (Å²) in [6, 6.07) is 10.1. The van der Waals surface area contributed by atoms with Gasteiger partial charge in [0, 0.05) is 11.6 Å². The molecule has 3 rings (SSSR count). The molecular weight excluding hydrogens is 334 g/mol. The lowest BCUT2D eigenvalue weighted by molar-refractivity contribution is 0.0944. The normalized spacial score (nSPS) is 10.4. The van der Waals surface area contributed by atoms with Crippen molar-refractivity contribution in [3.63, 3.8) is 0 Å². The lowest BCUT2D eigenvalue weighted by Gasteiger charge is -2.03. The number of hydrogen-bond acceptors (Lipinski definition) is 5. The minimum absolute atomic E-state index is 0.0544. The van der Waals surface area contributed by atoms with Crippen LogP contribution in [0, 0.1) is 0 Å². The molecule has 7 nitrogen and oxygen atoms in total. The topological polar surface area (TPSA) is 97.4 Å². The number of aromatic nitrogens is 1. The third-order valence-electron chi connectivity index (χ3n) is 3.07. The van der Waals surface area contributed by atoms with E-state index >= 15 is 0 Å². The lowest BCUT2D eigenvalue weighted by atomic mass is 10.2. The number of amides is 2. The molecule has 0 aliphatic heterocycles. The smallest absolute Gasteiger partial charge is 0.302 e. The molecule has 0 aliphatic rings. The van der Waals surface area contributed by atoms with Crippen molar-refractivity contribution >= 4 is 29.4 Å². The third-order valence-corrected chi connectivity index (χ3v) is 3.32. The Morgan fingerprint density at radius 3 is 2.58 bits per heavy atom. The first-order valence-electron chi connectivity index (χ1n) is 6.95. The van der Waals surface area contributed by atoms with Gasteiger partial charge in [-0.3, -0.25) is 14.9 Å². The molecule has 2 aromatic heterocycles. The lowest BCUT2D eigenvalue weighted by Crippen LogP contribution is -2.23. The van der Waals surface area contributed by atoms with Crippen molar-refractivity contribution in [3.05, 3.63) is 71.0 Å². The first-order valence-corrected chi connectivity index (χ1v) is 7.32. The Morgan fingerprint density at radius 1 is 1.08 bits per heavy atom. The maximum Gasteiger partial charge on any atom is 0.302 e. The van der Waals surface area contributed by atoms with Gasteiger partial charge < -0.3 is 14.2 Å². The second-order valence-corrected chi connectivity index (χ2v) is 5.21. The first-order chi connectivity index (χ1) is 11.6. The number of carbonyl (C=O) groups excluding carboxylic acids is 2. The SMILES string of the molecule is O=C(NCc1ccc(Cl)cc1)c1coc(NC(=O)c2ccco2)n1. The zero-order valence-corrected chi connectivity index (χ0v) is 13.0. The molecule has 0 spiro atoms. The van der Waals surface area contributed by atoms with E-state index in [1.54, 1.807) is 30.3 Å². The summed E-state index contributed by atoms with van der Waals surface area (Å²) in [5.41, 5.74) is 0.946. The highest BCUT2D eigenvalue weighted by Crippen LogP contribution is 2.11. The number of benzene rings is 1. The minimum Gasteiger partial charge on any atom is -0.459 e. The Hall–Kier alpha value is -3.06. The summed E-state index contributed by atoms with van der Waals surface area (Å²) in [4.78, 5) is 27.7. The van der Waals surface area contributed by atoms with Gasteiger partial charge >= 0.3 is 6.01 Å². The second kappa shape index (κ2) is 7.01. The number of rotatable bonds is 5. The van der Waals surface area contributed by atoms with Crippen LogP contribution in [0.3, 0.4) is 0 Å². The largest absolute Gasteiger partial charge is 0.459 e. The van der Waals surface area contributed by atoms with Crippen LogP contribution in [0.4, 0.5) is 6.01 Å². The second-order valence-electron chi connectivity index (χ2n) is 4.78. The van der Waals surface area contributed by atoms with Gasteiger partial charge in [-0.1, -0.05) is 23.7 Å². The van der Waals surface area contributed by atoms with Crippen molar-refractivity contribution in [1.29, 1.82) is 0 Å². The van der Waals surface area contributed by atoms with Gasteiger partial charge in [0.15, 0.2) is 11.5 Å². The van der Waals surface area contributed by atoms with E-state index in [1.807, 2.05) is 0 Å². The van der Waals surface area contributed by atoms with E-state index in [4.69, 9.17) is 20.4 Å². The molecule has 2 amide bonds. The van der Waals surface area contributed by atoms with Gasteiger partial charge in [-0.05, 0) is 29.8 Å². The van der Waals surface area contributed by atoms with E-state index in [0.717, 1.165) is 11.8 Å². The van der Waals surface area contributed by atoms with Crippen molar-refractivity contribution in [3.8, 4) is 0 Å². The molecule has 8 heteroatoms. The summed E-state index contributed by atoms with van der Waals surface area (Å²) in [5.74, 6) is -0.830. The summed E-state index contributed by atoms with van der Waals surface area (Å²) >= 11 is 5.80. The van der Waals surface area contributed by atoms with Gasteiger partial charge in [0.05, 0.1) is 6.26 Å². The fourth-order valence-corrected chi connectivity index (χ4v) is 2.00. The van der Waals surface area contributed by atoms with E-state index in [1.165, 1.54) is 12.3 Å². The van der Waals surface area contributed by atoms with E-state index in [2.05, 4.69) is 15.6 Å². The molecule has 0 saturated heterocycles. The Kier molecular flexibility index (Phi) is 4.62. The number of carbonyl (C=O) groups is 2. The van der Waals surface area contributed by atoms with Crippen LogP contribution in [0.5, 0.6) is 0 Å². The molecule has 3 aromatic rings. The molecule has 0 unspecified atom stereocenters. The van der Waals surface area contributed by atoms with Crippen LogP contribution in [0.1, 0.15) is 26.6 Å². The fraction of sp³-hybridized carbons (Fsp3) is 0.0625. The summed E-state index contributed by atoms with van der Waals surface area (Å²) in [6.07, 6.45) is 2.54. The quantitative estimate of drug-likeness (QED) is 0.740. The zero-order chi connectivity index (χ0) is 16.9.